The van der Waals surface area contributed by atoms with Crippen LogP contribution in [0.1, 0.15) is 31.5 Å². The van der Waals surface area contributed by atoms with Gasteiger partial charge in [0, 0.05) is 43.7 Å². The molecule has 0 aliphatic carbocycles. The van der Waals surface area contributed by atoms with Crippen molar-refractivity contribution in [3.8, 4) is 28.2 Å². The number of rotatable bonds is 4. The second-order valence-electron chi connectivity index (χ2n) is 11.6. The molecule has 0 unspecified atom stereocenters. The highest BCUT2D eigenvalue weighted by Gasteiger charge is 2.20. The Bertz CT molecular complexity index is 4440. The summed E-state index contributed by atoms with van der Waals surface area (Å²) in [6, 6.07) is -4.19. The summed E-state index contributed by atoms with van der Waals surface area (Å²) in [5.74, 6) is 0. The van der Waals surface area contributed by atoms with Gasteiger partial charge >= 0.3 is 0 Å². The molecule has 0 N–H and O–H groups in total. The maximum atomic E-state index is 9.99. The van der Waals surface area contributed by atoms with Gasteiger partial charge < -0.3 is 13.7 Å². The van der Waals surface area contributed by atoms with Crippen LogP contribution in [0, 0.1) is 0 Å². The number of hydrogen-bond donors (Lipinski definition) is 0. The zero-order valence-corrected chi connectivity index (χ0v) is 26.0. The van der Waals surface area contributed by atoms with Crippen molar-refractivity contribution in [1.29, 1.82) is 0 Å². The molecule has 0 amide bonds. The summed E-state index contributed by atoms with van der Waals surface area (Å²) in [6.07, 6.45) is 0. The van der Waals surface area contributed by atoms with E-state index in [2.05, 4.69) is 0 Å². The first-order valence-electron chi connectivity index (χ1n) is 27.2. The lowest BCUT2D eigenvalue weighted by molar-refractivity contribution is 1.17. The van der Waals surface area contributed by atoms with Gasteiger partial charge in [-0.3, -0.25) is 0 Å². The summed E-state index contributed by atoms with van der Waals surface area (Å²) in [5.41, 5.74) is -3.49. The van der Waals surface area contributed by atoms with Gasteiger partial charge in [0.2, 0.25) is 0 Å². The number of aromatic nitrogens is 3. The summed E-state index contributed by atoms with van der Waals surface area (Å²) in [7, 11) is 0. The second kappa shape index (κ2) is 10.8. The Morgan fingerprint density at radius 1 is 0.333 bits per heavy atom. The van der Waals surface area contributed by atoms with Gasteiger partial charge in [0.15, 0.2) is 0 Å². The third kappa shape index (κ3) is 4.06. The average molecular weight is 673 g/mol. The first-order valence-corrected chi connectivity index (χ1v) is 15.7. The molecular formula is C48H31N3. The Morgan fingerprint density at radius 3 is 1.35 bits per heavy atom. The van der Waals surface area contributed by atoms with Gasteiger partial charge in [-0.2, -0.15) is 0 Å². The van der Waals surface area contributed by atoms with Gasteiger partial charge in [-0.05, 0) is 89.8 Å². The highest BCUT2D eigenvalue weighted by Crippen LogP contribution is 2.41. The zero-order chi connectivity index (χ0) is 53.5. The van der Waals surface area contributed by atoms with Crippen molar-refractivity contribution >= 4 is 65.4 Å². The molecule has 0 aliphatic rings. The number of benzene rings is 8. The van der Waals surface area contributed by atoms with E-state index in [1.807, 2.05) is 0 Å². The normalized spacial score (nSPS) is 18.2. The highest BCUT2D eigenvalue weighted by molar-refractivity contribution is 6.17. The molecule has 0 spiro atoms. The lowest BCUT2D eigenvalue weighted by Gasteiger charge is -2.12. The van der Waals surface area contributed by atoms with E-state index in [1.165, 1.54) is 57.7 Å². The van der Waals surface area contributed by atoms with E-state index in [0.29, 0.717) is 0 Å². The molecular weight excluding hydrogens is 619 g/mol. The largest absolute Gasteiger partial charge is 0.309 e. The van der Waals surface area contributed by atoms with Crippen molar-refractivity contribution in [2.24, 2.45) is 0 Å². The van der Waals surface area contributed by atoms with E-state index < -0.39 is 166 Å². The molecule has 11 rings (SSSR count). The molecule has 0 radical (unpaired) electrons. The molecule has 0 saturated heterocycles. The van der Waals surface area contributed by atoms with Crippen LogP contribution in [0.3, 0.4) is 0 Å². The van der Waals surface area contributed by atoms with E-state index in [1.54, 1.807) is 0 Å². The van der Waals surface area contributed by atoms with Crippen LogP contribution in [0.4, 0.5) is 0 Å². The third-order valence-corrected chi connectivity index (χ3v) is 8.91. The quantitative estimate of drug-likeness (QED) is 0.177. The first kappa shape index (κ1) is 13.8. The van der Waals surface area contributed by atoms with Crippen LogP contribution in [-0.2, 0) is 0 Å². The van der Waals surface area contributed by atoms with Gasteiger partial charge in [0.25, 0.3) is 0 Å². The number of hydrogen-bond acceptors (Lipinski definition) is 0. The van der Waals surface area contributed by atoms with Crippen LogP contribution in [0.5, 0.6) is 0 Å². The van der Waals surface area contributed by atoms with Gasteiger partial charge in [-0.1, -0.05) is 109 Å². The minimum absolute atomic E-state index is 0.0571. The summed E-state index contributed by atoms with van der Waals surface area (Å²) < 4.78 is 214. The zero-order valence-electron chi connectivity index (χ0n) is 49.0. The van der Waals surface area contributed by atoms with Crippen molar-refractivity contribution in [2.45, 2.75) is 0 Å². The molecule has 3 heterocycles. The predicted molar refractivity (Wildman–Crippen MR) is 215 cm³/mol. The Labute approximate surface area is 326 Å². The average Bonchev–Trinajstić information content (AvgIpc) is 4.10. The fourth-order valence-corrected chi connectivity index (χ4v) is 6.80. The van der Waals surface area contributed by atoms with Crippen molar-refractivity contribution in [3.63, 3.8) is 0 Å². The molecule has 0 aliphatic heterocycles. The Kier molecular flexibility index (Phi) is 2.93. The van der Waals surface area contributed by atoms with Gasteiger partial charge in [0.05, 0.1) is 70.3 Å². The maximum Gasteiger partial charge on any atom is 0.0645 e. The summed E-state index contributed by atoms with van der Waals surface area (Å²) in [5, 5.41) is -2.17. The number of para-hydroxylation sites is 5. The minimum Gasteiger partial charge on any atom is -0.309 e. The van der Waals surface area contributed by atoms with Crippen molar-refractivity contribution in [3.05, 3.63) is 188 Å². The van der Waals surface area contributed by atoms with Crippen LogP contribution in [0.25, 0.3) is 93.6 Å². The maximum absolute atomic E-state index is 9.99. The Balaban J connectivity index is 1.37. The van der Waals surface area contributed by atoms with E-state index in [4.69, 9.17) is 15.1 Å². The third-order valence-electron chi connectivity index (χ3n) is 8.91. The summed E-state index contributed by atoms with van der Waals surface area (Å²) >= 11 is 0. The highest BCUT2D eigenvalue weighted by atomic mass is 15.0. The summed E-state index contributed by atoms with van der Waals surface area (Å²) in [4.78, 5) is 0. The molecule has 51 heavy (non-hydrogen) atoms. The molecule has 238 valence electrons. The van der Waals surface area contributed by atoms with Crippen molar-refractivity contribution < 1.29 is 31.5 Å². The molecule has 0 fully saturated rings. The standard InChI is InChI=1S/C48H31N3/c1-3-14-34(15-4-1)49-41-21-10-7-18-36(41)39-30-32(26-28-44(39)49)33-27-29-45-40(31-33)37-19-8-11-22-42(37)51(45)47-25-13-24-46-48(47)38-20-9-12-23-43(38)50(46)35-16-5-2-6-17-35/h1-31H/i1D,2D,7D,8D,9D,10D,11D,12D,13D,18D,19D,20D,21D,22D,23D,24D,25D,26D,27D,28D,29D,30D,31D. The molecule has 11 aromatic rings. The predicted octanol–water partition coefficient (Wildman–Crippen LogP) is 12.6. The monoisotopic (exact) mass is 672 g/mol. The lowest BCUT2D eigenvalue weighted by atomic mass is 10.0. The molecule has 3 heteroatoms. The minimum atomic E-state index is -0.912. The second-order valence-corrected chi connectivity index (χ2v) is 11.6. The van der Waals surface area contributed by atoms with E-state index >= 15 is 0 Å². The Hall–Kier alpha value is -6.84. The topological polar surface area (TPSA) is 14.8 Å². The first-order chi connectivity index (χ1) is 34.9. The fourth-order valence-electron chi connectivity index (χ4n) is 6.80. The van der Waals surface area contributed by atoms with Crippen LogP contribution in [0.15, 0.2) is 188 Å². The van der Waals surface area contributed by atoms with Gasteiger partial charge in [-0.25, -0.2) is 0 Å². The van der Waals surface area contributed by atoms with Crippen LogP contribution in [-0.4, -0.2) is 13.7 Å². The van der Waals surface area contributed by atoms with Crippen molar-refractivity contribution in [2.75, 3.05) is 0 Å². The van der Waals surface area contributed by atoms with E-state index in [9.17, 15) is 16.4 Å². The van der Waals surface area contributed by atoms with E-state index in [0.717, 1.165) is 4.57 Å². The van der Waals surface area contributed by atoms with Crippen LogP contribution < -0.4 is 0 Å². The van der Waals surface area contributed by atoms with Crippen LogP contribution >= 0.6 is 0 Å². The lowest BCUT2D eigenvalue weighted by Crippen LogP contribution is -1.96. The molecule has 0 atom stereocenters. The summed E-state index contributed by atoms with van der Waals surface area (Å²) in [6.45, 7) is 0. The number of fused-ring (bicyclic) bond motifs is 9. The smallest absolute Gasteiger partial charge is 0.0645 e. The van der Waals surface area contributed by atoms with Crippen LogP contribution in [0.2, 0.25) is 0 Å². The van der Waals surface area contributed by atoms with Gasteiger partial charge in [-0.15, -0.1) is 0 Å². The van der Waals surface area contributed by atoms with Gasteiger partial charge in [0.1, 0.15) is 0 Å². The fraction of sp³-hybridized carbons (Fsp3) is 0. The molecule has 0 saturated carbocycles. The SMILES string of the molecule is [2H]c1ccc(-n2c3c([2H])c([2H])c([2H])c([2H])c3c3c([2H])c(-c4c([2H])c([2H])c5c(c4[2H])c4c([2H])c([2H])c([2H])c([2H])c4n5-c4c([2H])c([2H])c([2H])c5c4c4c([2H])c([2H])c([2H])c([2H])c4n5-c4ccc([2H])cc4)c([2H])c([2H])c32)cc1. The molecule has 3 aromatic heterocycles. The van der Waals surface area contributed by atoms with Crippen molar-refractivity contribution in [1.82, 2.24) is 13.7 Å². The Morgan fingerprint density at radius 2 is 0.765 bits per heavy atom. The molecule has 0 bridgehead atoms. The molecule has 3 nitrogen and oxygen atoms in total. The van der Waals surface area contributed by atoms with E-state index in [-0.39, 0.29) is 67.1 Å². The number of nitrogens with zero attached hydrogens (tertiary/aromatic N) is 3. The molecule has 8 aromatic carbocycles.